The van der Waals surface area contributed by atoms with Crippen molar-refractivity contribution in [2.45, 2.75) is 25.1 Å². The van der Waals surface area contributed by atoms with Gasteiger partial charge in [-0.05, 0) is 12.8 Å². The van der Waals surface area contributed by atoms with Crippen molar-refractivity contribution in [2.24, 2.45) is 5.73 Å². The van der Waals surface area contributed by atoms with Crippen LogP contribution in [0.5, 0.6) is 0 Å². The van der Waals surface area contributed by atoms with Crippen molar-refractivity contribution in [3.63, 3.8) is 0 Å². The van der Waals surface area contributed by atoms with E-state index >= 15 is 0 Å². The van der Waals surface area contributed by atoms with Crippen LogP contribution in [0.4, 0.5) is 13.2 Å². The van der Waals surface area contributed by atoms with Crippen LogP contribution in [0.25, 0.3) is 0 Å². The first-order chi connectivity index (χ1) is 7.38. The summed E-state index contributed by atoms with van der Waals surface area (Å²) in [7, 11) is 0. The van der Waals surface area contributed by atoms with Gasteiger partial charge in [-0.25, -0.2) is 0 Å². The van der Waals surface area contributed by atoms with E-state index in [9.17, 15) is 18.0 Å². The third kappa shape index (κ3) is 4.80. The van der Waals surface area contributed by atoms with Crippen molar-refractivity contribution in [2.75, 3.05) is 26.3 Å². The second-order valence-corrected chi connectivity index (χ2v) is 3.83. The monoisotopic (exact) mass is 240 g/mol. The third-order valence-corrected chi connectivity index (χ3v) is 2.38. The first-order valence-electron chi connectivity index (χ1n) is 5.06. The second-order valence-electron chi connectivity index (χ2n) is 3.83. The molecule has 0 atom stereocenters. The largest absolute Gasteiger partial charge is 0.411 e. The fourth-order valence-corrected chi connectivity index (χ4v) is 1.49. The number of amides is 1. The molecular weight excluding hydrogens is 225 g/mol. The number of hydrogen-bond donors (Lipinski definition) is 1. The Kier molecular flexibility index (Phi) is 4.55. The summed E-state index contributed by atoms with van der Waals surface area (Å²) in [4.78, 5) is 12.9. The van der Waals surface area contributed by atoms with Gasteiger partial charge in [0.2, 0.25) is 5.91 Å². The lowest BCUT2D eigenvalue weighted by atomic mass is 10.1. The van der Waals surface area contributed by atoms with Gasteiger partial charge < -0.3 is 15.4 Å². The number of rotatable bonds is 3. The van der Waals surface area contributed by atoms with Crippen LogP contribution in [0, 0.1) is 0 Å². The molecule has 16 heavy (non-hydrogen) atoms. The fraction of sp³-hybridized carbons (Fsp3) is 0.889. The number of hydrogen-bond acceptors (Lipinski definition) is 3. The summed E-state index contributed by atoms with van der Waals surface area (Å²) >= 11 is 0. The summed E-state index contributed by atoms with van der Waals surface area (Å²) < 4.78 is 39.5. The Morgan fingerprint density at radius 1 is 1.38 bits per heavy atom. The van der Waals surface area contributed by atoms with Crippen LogP contribution in [0.1, 0.15) is 12.8 Å². The molecule has 2 N–H and O–H groups in total. The minimum atomic E-state index is -4.38. The van der Waals surface area contributed by atoms with Gasteiger partial charge in [0.05, 0.1) is 0 Å². The molecule has 1 heterocycles. The summed E-state index contributed by atoms with van der Waals surface area (Å²) in [6.45, 7) is -0.911. The van der Waals surface area contributed by atoms with Gasteiger partial charge in [-0.1, -0.05) is 0 Å². The van der Waals surface area contributed by atoms with Crippen molar-refractivity contribution in [1.29, 1.82) is 0 Å². The summed E-state index contributed by atoms with van der Waals surface area (Å²) in [6.07, 6.45) is -3.01. The highest BCUT2D eigenvalue weighted by atomic mass is 19.4. The average Bonchev–Trinajstić information content (AvgIpc) is 2.16. The molecule has 0 aromatic heterocycles. The molecule has 0 aromatic rings. The number of nitrogens with zero attached hydrogens (tertiary/aromatic N) is 1. The van der Waals surface area contributed by atoms with Gasteiger partial charge in [-0.2, -0.15) is 13.2 Å². The van der Waals surface area contributed by atoms with Crippen LogP contribution in [0.3, 0.4) is 0 Å². The van der Waals surface area contributed by atoms with E-state index in [1.54, 1.807) is 0 Å². The zero-order chi connectivity index (χ0) is 12.2. The van der Waals surface area contributed by atoms with E-state index in [1.165, 1.54) is 4.90 Å². The highest BCUT2D eigenvalue weighted by Crippen LogP contribution is 2.14. The van der Waals surface area contributed by atoms with Crippen LogP contribution in [0.2, 0.25) is 0 Å². The van der Waals surface area contributed by atoms with Crippen LogP contribution < -0.4 is 5.73 Å². The number of alkyl halides is 3. The van der Waals surface area contributed by atoms with E-state index in [-0.39, 0.29) is 6.04 Å². The molecule has 0 unspecified atom stereocenters. The summed E-state index contributed by atoms with van der Waals surface area (Å²) in [5.74, 6) is -0.406. The predicted molar refractivity (Wildman–Crippen MR) is 50.7 cm³/mol. The molecule has 0 radical (unpaired) electrons. The number of halogens is 3. The zero-order valence-electron chi connectivity index (χ0n) is 8.79. The lowest BCUT2D eigenvalue weighted by Crippen LogP contribution is -2.44. The first-order valence-corrected chi connectivity index (χ1v) is 5.06. The normalized spacial score (nSPS) is 18.9. The fourth-order valence-electron chi connectivity index (χ4n) is 1.49. The number of ether oxygens (including phenoxy) is 1. The Bertz CT molecular complexity index is 237. The molecule has 4 nitrogen and oxygen atoms in total. The van der Waals surface area contributed by atoms with E-state index in [2.05, 4.69) is 4.74 Å². The van der Waals surface area contributed by atoms with Gasteiger partial charge in [0.1, 0.15) is 13.2 Å². The molecule has 0 saturated carbocycles. The SMILES string of the molecule is NC1CCN(C(=O)COCC(F)(F)F)CC1. The molecular formula is C9H15F3N2O2. The van der Waals surface area contributed by atoms with Crippen molar-refractivity contribution in [3.05, 3.63) is 0 Å². The minimum Gasteiger partial charge on any atom is -0.362 e. The average molecular weight is 240 g/mol. The maximum absolute atomic E-state index is 11.7. The van der Waals surface area contributed by atoms with Gasteiger partial charge in [0.15, 0.2) is 0 Å². The Morgan fingerprint density at radius 2 is 1.94 bits per heavy atom. The molecule has 0 aliphatic carbocycles. The third-order valence-electron chi connectivity index (χ3n) is 2.38. The number of carbonyl (C=O) groups is 1. The molecule has 0 aromatic carbocycles. The molecule has 94 valence electrons. The van der Waals surface area contributed by atoms with Gasteiger partial charge in [0, 0.05) is 19.1 Å². The molecule has 1 aliphatic rings. The van der Waals surface area contributed by atoms with E-state index in [4.69, 9.17) is 5.73 Å². The van der Waals surface area contributed by atoms with E-state index in [0.717, 1.165) is 0 Å². The predicted octanol–water partition coefficient (Wildman–Crippen LogP) is 0.515. The first kappa shape index (κ1) is 13.2. The van der Waals surface area contributed by atoms with Gasteiger partial charge in [-0.3, -0.25) is 4.79 Å². The lowest BCUT2D eigenvalue weighted by molar-refractivity contribution is -0.178. The molecule has 7 heteroatoms. The van der Waals surface area contributed by atoms with Gasteiger partial charge >= 0.3 is 6.18 Å². The van der Waals surface area contributed by atoms with Crippen LogP contribution >= 0.6 is 0 Å². The van der Waals surface area contributed by atoms with Gasteiger partial charge in [-0.15, -0.1) is 0 Å². The highest BCUT2D eigenvalue weighted by molar-refractivity contribution is 5.77. The molecule has 1 amide bonds. The molecule has 1 fully saturated rings. The quantitative estimate of drug-likeness (QED) is 0.782. The van der Waals surface area contributed by atoms with Crippen LogP contribution in [0.15, 0.2) is 0 Å². The topological polar surface area (TPSA) is 55.6 Å². The molecule has 1 saturated heterocycles. The number of carbonyl (C=O) groups excluding carboxylic acids is 1. The van der Waals surface area contributed by atoms with Crippen molar-refractivity contribution < 1.29 is 22.7 Å². The zero-order valence-corrected chi connectivity index (χ0v) is 8.79. The Hall–Kier alpha value is -0.820. The van der Waals surface area contributed by atoms with Crippen LogP contribution in [-0.2, 0) is 9.53 Å². The smallest absolute Gasteiger partial charge is 0.362 e. The van der Waals surface area contributed by atoms with Crippen LogP contribution in [-0.4, -0.2) is 49.3 Å². The number of likely N-dealkylation sites (tertiary alicyclic amines) is 1. The molecule has 0 spiro atoms. The molecule has 0 bridgehead atoms. The Morgan fingerprint density at radius 3 is 2.44 bits per heavy atom. The minimum absolute atomic E-state index is 0.0835. The van der Waals surface area contributed by atoms with E-state index in [0.29, 0.717) is 25.9 Å². The number of piperidine rings is 1. The summed E-state index contributed by atoms with van der Waals surface area (Å²) in [5, 5.41) is 0. The van der Waals surface area contributed by atoms with E-state index < -0.39 is 25.3 Å². The van der Waals surface area contributed by atoms with Crippen molar-refractivity contribution in [1.82, 2.24) is 4.90 Å². The Labute approximate surface area is 91.5 Å². The van der Waals surface area contributed by atoms with Crippen molar-refractivity contribution >= 4 is 5.91 Å². The summed E-state index contributed by atoms with van der Waals surface area (Å²) in [6, 6.07) is 0.0835. The van der Waals surface area contributed by atoms with Gasteiger partial charge in [0.25, 0.3) is 0 Å². The standard InChI is InChI=1S/C9H15F3N2O2/c10-9(11,12)6-16-5-8(15)14-3-1-7(13)2-4-14/h7H,1-6,13H2. The van der Waals surface area contributed by atoms with E-state index in [1.807, 2.05) is 0 Å². The molecule has 1 aliphatic heterocycles. The second kappa shape index (κ2) is 5.49. The van der Waals surface area contributed by atoms with Crippen molar-refractivity contribution in [3.8, 4) is 0 Å². The maximum atomic E-state index is 11.7. The molecule has 1 rings (SSSR count). The summed E-state index contributed by atoms with van der Waals surface area (Å²) in [5.41, 5.74) is 5.64. The highest BCUT2D eigenvalue weighted by Gasteiger charge is 2.28. The number of nitrogens with two attached hydrogens (primary N) is 1. The maximum Gasteiger partial charge on any atom is 0.411 e. The lowest BCUT2D eigenvalue weighted by Gasteiger charge is -2.30. The Balaban J connectivity index is 2.20.